The normalized spacial score (nSPS) is 13.4. The zero-order chi connectivity index (χ0) is 20.8. The smallest absolute Gasteiger partial charge is 0.255 e. The topological polar surface area (TPSA) is 69.0 Å². The van der Waals surface area contributed by atoms with Gasteiger partial charge in [0.2, 0.25) is 0 Å². The van der Waals surface area contributed by atoms with Crippen molar-refractivity contribution in [2.24, 2.45) is 0 Å². The molecule has 1 amide bonds. The predicted molar refractivity (Wildman–Crippen MR) is 111 cm³/mol. The fourth-order valence-electron chi connectivity index (χ4n) is 3.64. The van der Waals surface area contributed by atoms with Crippen molar-refractivity contribution in [3.05, 3.63) is 77.1 Å². The molecule has 1 N–H and O–H groups in total. The molecule has 0 fully saturated rings. The number of amides is 1. The van der Waals surface area contributed by atoms with Gasteiger partial charge in [0.15, 0.2) is 0 Å². The number of hydrogen-bond donors (Lipinski definition) is 1. The van der Waals surface area contributed by atoms with Gasteiger partial charge in [0.25, 0.3) is 5.91 Å². The van der Waals surface area contributed by atoms with Crippen molar-refractivity contribution in [2.45, 2.75) is 45.3 Å². The summed E-state index contributed by atoms with van der Waals surface area (Å²) >= 11 is 0. The third-order valence-electron chi connectivity index (χ3n) is 5.26. The maximum absolute atomic E-state index is 13.0. The van der Waals surface area contributed by atoms with E-state index < -0.39 is 0 Å². The maximum atomic E-state index is 13.0. The van der Waals surface area contributed by atoms with Crippen LogP contribution < -0.4 is 10.1 Å². The Morgan fingerprint density at radius 3 is 2.77 bits per heavy atom. The Labute approximate surface area is 175 Å². The number of carbonyl (C=O) groups excluding carboxylic acids is 1. The van der Waals surface area contributed by atoms with Gasteiger partial charge >= 0.3 is 0 Å². The summed E-state index contributed by atoms with van der Waals surface area (Å²) in [5.74, 6) is 1.99. The van der Waals surface area contributed by atoms with Crippen molar-refractivity contribution in [1.29, 1.82) is 0 Å². The van der Waals surface area contributed by atoms with E-state index in [1.807, 2.05) is 6.07 Å². The molecular weight excluding hydrogens is 383 g/mol. The molecule has 1 aliphatic rings. The molecule has 0 bridgehead atoms. The van der Waals surface area contributed by atoms with Crippen LogP contribution in [0.15, 0.2) is 48.5 Å². The van der Waals surface area contributed by atoms with Crippen LogP contribution in [0.2, 0.25) is 0 Å². The summed E-state index contributed by atoms with van der Waals surface area (Å²) in [5.41, 5.74) is 1.30. The lowest BCUT2D eigenvalue weighted by Gasteiger charge is -2.12. The summed E-state index contributed by atoms with van der Waals surface area (Å²) in [5, 5.41) is 11.6. The van der Waals surface area contributed by atoms with Crippen LogP contribution >= 0.6 is 0 Å². The highest BCUT2D eigenvalue weighted by Crippen LogP contribution is 2.20. The molecule has 4 rings (SSSR count). The number of rotatable bonds is 7. The molecule has 2 aromatic carbocycles. The van der Waals surface area contributed by atoms with E-state index in [4.69, 9.17) is 4.74 Å². The minimum Gasteiger partial charge on any atom is -0.488 e. The SMILES string of the molecule is O=C(NCCc1nnc2n1CCCCC2)c1ccccc1OCc1ccc(F)cc1. The first-order valence-electron chi connectivity index (χ1n) is 10.4. The quantitative estimate of drug-likeness (QED) is 0.647. The number of fused-ring (bicyclic) bond motifs is 1. The second kappa shape index (κ2) is 9.52. The minimum atomic E-state index is -0.289. The summed E-state index contributed by atoms with van der Waals surface area (Å²) in [6.45, 7) is 1.69. The van der Waals surface area contributed by atoms with Crippen molar-refractivity contribution in [2.75, 3.05) is 6.54 Å². The van der Waals surface area contributed by atoms with E-state index in [1.165, 1.54) is 18.6 Å². The number of halogens is 1. The van der Waals surface area contributed by atoms with Gasteiger partial charge in [-0.3, -0.25) is 4.79 Å². The van der Waals surface area contributed by atoms with Crippen molar-refractivity contribution in [3.8, 4) is 5.75 Å². The fraction of sp³-hybridized carbons (Fsp3) is 0.348. The van der Waals surface area contributed by atoms with E-state index in [0.717, 1.165) is 43.0 Å². The molecule has 1 aliphatic heterocycles. The molecule has 2 heterocycles. The lowest BCUT2D eigenvalue weighted by molar-refractivity contribution is 0.0949. The minimum absolute atomic E-state index is 0.194. The second-order valence-electron chi connectivity index (χ2n) is 7.41. The Morgan fingerprint density at radius 1 is 1.07 bits per heavy atom. The number of nitrogens with zero attached hydrogens (tertiary/aromatic N) is 3. The van der Waals surface area contributed by atoms with E-state index in [0.29, 0.717) is 24.3 Å². The van der Waals surface area contributed by atoms with Crippen LogP contribution in [0.1, 0.15) is 46.8 Å². The van der Waals surface area contributed by atoms with Gasteiger partial charge < -0.3 is 14.6 Å². The van der Waals surface area contributed by atoms with Crippen LogP contribution in [0.5, 0.6) is 5.75 Å². The Hall–Kier alpha value is -3.22. The van der Waals surface area contributed by atoms with Crippen LogP contribution in [-0.4, -0.2) is 27.2 Å². The molecule has 0 aliphatic carbocycles. The Morgan fingerprint density at radius 2 is 1.90 bits per heavy atom. The van der Waals surface area contributed by atoms with Crippen LogP contribution in [0.3, 0.4) is 0 Å². The first kappa shape index (κ1) is 20.1. The Kier molecular flexibility index (Phi) is 6.37. The van der Waals surface area contributed by atoms with E-state index >= 15 is 0 Å². The van der Waals surface area contributed by atoms with Gasteiger partial charge in [0, 0.05) is 25.9 Å². The molecule has 0 saturated carbocycles. The van der Waals surface area contributed by atoms with Crippen LogP contribution in [0.4, 0.5) is 4.39 Å². The first-order chi connectivity index (χ1) is 14.7. The van der Waals surface area contributed by atoms with Crippen molar-refractivity contribution >= 4 is 5.91 Å². The first-order valence-corrected chi connectivity index (χ1v) is 10.4. The zero-order valence-electron chi connectivity index (χ0n) is 16.8. The van der Waals surface area contributed by atoms with Crippen LogP contribution in [0.25, 0.3) is 0 Å². The second-order valence-corrected chi connectivity index (χ2v) is 7.41. The number of benzene rings is 2. The van der Waals surface area contributed by atoms with Gasteiger partial charge in [-0.1, -0.05) is 30.7 Å². The molecule has 7 heteroatoms. The van der Waals surface area contributed by atoms with E-state index in [-0.39, 0.29) is 18.3 Å². The average molecular weight is 408 g/mol. The molecule has 3 aromatic rings. The summed E-state index contributed by atoms with van der Waals surface area (Å²) in [6, 6.07) is 13.2. The molecule has 0 radical (unpaired) electrons. The van der Waals surface area contributed by atoms with Crippen molar-refractivity contribution in [3.63, 3.8) is 0 Å². The number of aromatic nitrogens is 3. The lowest BCUT2D eigenvalue weighted by atomic mass is 10.2. The molecule has 30 heavy (non-hydrogen) atoms. The summed E-state index contributed by atoms with van der Waals surface area (Å²) in [6.07, 6.45) is 5.12. The summed E-state index contributed by atoms with van der Waals surface area (Å²) < 4.78 is 21.1. The van der Waals surface area contributed by atoms with Crippen LogP contribution in [-0.2, 0) is 26.0 Å². The molecule has 1 aromatic heterocycles. The van der Waals surface area contributed by atoms with Gasteiger partial charge in [0.1, 0.15) is 29.8 Å². The Bertz CT molecular complexity index is 1000. The molecule has 0 saturated heterocycles. The standard InChI is InChI=1S/C23H25FN4O2/c24-18-11-9-17(10-12-18)16-30-20-7-4-3-6-19(20)23(29)25-14-13-22-27-26-21-8-2-1-5-15-28(21)22/h3-4,6-7,9-12H,1-2,5,8,13-16H2,(H,25,29). The summed E-state index contributed by atoms with van der Waals surface area (Å²) in [7, 11) is 0. The van der Waals surface area contributed by atoms with Gasteiger partial charge in [-0.15, -0.1) is 10.2 Å². The third kappa shape index (κ3) is 4.84. The fourth-order valence-corrected chi connectivity index (χ4v) is 3.64. The van der Waals surface area contributed by atoms with E-state index in [2.05, 4.69) is 20.1 Å². The Balaban J connectivity index is 1.35. The highest BCUT2D eigenvalue weighted by atomic mass is 19.1. The highest BCUT2D eigenvalue weighted by molar-refractivity contribution is 5.96. The lowest BCUT2D eigenvalue weighted by Crippen LogP contribution is -2.27. The van der Waals surface area contributed by atoms with Gasteiger partial charge in [0.05, 0.1) is 5.56 Å². The number of carbonyl (C=O) groups is 1. The van der Waals surface area contributed by atoms with E-state index in [9.17, 15) is 9.18 Å². The van der Waals surface area contributed by atoms with Crippen molar-refractivity contribution in [1.82, 2.24) is 20.1 Å². The largest absolute Gasteiger partial charge is 0.488 e. The zero-order valence-corrected chi connectivity index (χ0v) is 16.8. The molecule has 6 nitrogen and oxygen atoms in total. The molecule has 156 valence electrons. The average Bonchev–Trinajstić information content (AvgIpc) is 2.99. The molecular formula is C23H25FN4O2. The van der Waals surface area contributed by atoms with Gasteiger partial charge in [-0.2, -0.15) is 0 Å². The maximum Gasteiger partial charge on any atom is 0.255 e. The summed E-state index contributed by atoms with van der Waals surface area (Å²) in [4.78, 5) is 12.7. The highest BCUT2D eigenvalue weighted by Gasteiger charge is 2.16. The molecule has 0 spiro atoms. The number of ether oxygens (including phenoxy) is 1. The number of hydrogen-bond acceptors (Lipinski definition) is 4. The number of aryl methyl sites for hydroxylation is 1. The number of para-hydroxylation sites is 1. The van der Waals surface area contributed by atoms with Gasteiger partial charge in [-0.05, 0) is 42.7 Å². The van der Waals surface area contributed by atoms with Gasteiger partial charge in [-0.25, -0.2) is 4.39 Å². The molecule has 0 atom stereocenters. The molecule has 0 unspecified atom stereocenters. The van der Waals surface area contributed by atoms with E-state index in [1.54, 1.807) is 30.3 Å². The monoisotopic (exact) mass is 408 g/mol. The third-order valence-corrected chi connectivity index (χ3v) is 5.26. The number of nitrogens with one attached hydrogen (secondary N) is 1. The van der Waals surface area contributed by atoms with Crippen molar-refractivity contribution < 1.29 is 13.9 Å². The van der Waals surface area contributed by atoms with Crippen LogP contribution in [0, 0.1) is 5.82 Å². The predicted octanol–water partition coefficient (Wildman–Crippen LogP) is 3.70.